The standard InChI is InChI=1S/C42H48N6O6/c1-39(2,3)31-17-25(18-32(37(31)49)40(4,5)6)23-43-45-35-15-13-27(47(51)52)21-29(35)30-22-28(48(53)54)14-16-36(30)46-44-24-26-19-33(41(7,8)9)38(50)34(20-26)42(10,11)12/h13-24H,1-12H3. The molecule has 4 rings (SSSR count). The van der Waals surface area contributed by atoms with E-state index in [1.54, 1.807) is 24.3 Å². The number of hydrogen-bond donors (Lipinski definition) is 0. The van der Waals surface area contributed by atoms with E-state index in [0.717, 1.165) is 0 Å². The Hall–Kier alpha value is -5.78. The minimum Gasteiger partial charge on any atom is -0.289 e. The van der Waals surface area contributed by atoms with E-state index in [1.165, 1.54) is 48.8 Å². The van der Waals surface area contributed by atoms with Crippen LogP contribution < -0.4 is 0 Å². The van der Waals surface area contributed by atoms with Gasteiger partial charge in [0.25, 0.3) is 11.4 Å². The number of non-ortho nitro benzene ring substituents is 2. The maximum Gasteiger partial charge on any atom is 0.270 e. The van der Waals surface area contributed by atoms with Gasteiger partial charge in [0.15, 0.2) is 11.6 Å². The van der Waals surface area contributed by atoms with Crippen molar-refractivity contribution in [2.75, 3.05) is 0 Å². The molecule has 2 aliphatic carbocycles. The highest BCUT2D eigenvalue weighted by molar-refractivity contribution is 6.12. The van der Waals surface area contributed by atoms with E-state index in [1.807, 2.05) is 83.1 Å². The van der Waals surface area contributed by atoms with Crippen molar-refractivity contribution in [2.24, 2.45) is 42.1 Å². The largest absolute Gasteiger partial charge is 0.289 e. The number of benzene rings is 2. The van der Waals surface area contributed by atoms with Crippen LogP contribution in [0.3, 0.4) is 0 Å². The summed E-state index contributed by atoms with van der Waals surface area (Å²) in [5.41, 5.74) is 2.23. The number of hydrogen-bond acceptors (Lipinski definition) is 10. The Kier molecular flexibility index (Phi) is 11.3. The molecule has 0 atom stereocenters. The van der Waals surface area contributed by atoms with Crippen molar-refractivity contribution in [2.45, 2.75) is 83.1 Å². The summed E-state index contributed by atoms with van der Waals surface area (Å²) < 4.78 is 0. The summed E-state index contributed by atoms with van der Waals surface area (Å²) in [7, 11) is 0. The minimum atomic E-state index is -0.575. The van der Waals surface area contributed by atoms with Crippen molar-refractivity contribution in [1.82, 2.24) is 0 Å². The average Bonchev–Trinajstić information content (AvgIpc) is 3.04. The molecule has 0 unspecified atom stereocenters. The first-order chi connectivity index (χ1) is 24.8. The molecular formula is C42H48N6O6. The molecular weight excluding hydrogens is 684 g/mol. The van der Waals surface area contributed by atoms with Crippen LogP contribution in [0.2, 0.25) is 0 Å². The van der Waals surface area contributed by atoms with Crippen molar-refractivity contribution in [1.29, 1.82) is 0 Å². The van der Waals surface area contributed by atoms with E-state index in [0.29, 0.717) is 33.4 Å². The third-order valence-electron chi connectivity index (χ3n) is 8.87. The molecule has 0 heterocycles. The zero-order chi connectivity index (χ0) is 40.6. The highest BCUT2D eigenvalue weighted by Crippen LogP contribution is 2.43. The smallest absolute Gasteiger partial charge is 0.270 e. The Morgan fingerprint density at radius 1 is 0.500 bits per heavy atom. The maximum atomic E-state index is 13.4. The number of carbonyl (C=O) groups is 2. The number of carbonyl (C=O) groups excluding carboxylic acids is 2. The predicted octanol–water partition coefficient (Wildman–Crippen LogP) is 12.2. The monoisotopic (exact) mass is 732 g/mol. The van der Waals surface area contributed by atoms with Crippen molar-refractivity contribution < 1.29 is 19.4 Å². The fourth-order valence-corrected chi connectivity index (χ4v) is 5.88. The second-order valence-electron chi connectivity index (χ2n) is 17.5. The van der Waals surface area contributed by atoms with Gasteiger partial charge in [-0.25, -0.2) is 0 Å². The van der Waals surface area contributed by atoms with Gasteiger partial charge in [0.2, 0.25) is 0 Å². The van der Waals surface area contributed by atoms with Crippen LogP contribution in [0.4, 0.5) is 22.7 Å². The van der Waals surface area contributed by atoms with Crippen molar-refractivity contribution in [3.05, 3.63) is 127 Å². The molecule has 282 valence electrons. The van der Waals surface area contributed by atoms with Gasteiger partial charge in [-0.2, -0.15) is 20.5 Å². The van der Waals surface area contributed by atoms with Gasteiger partial charge in [0, 0.05) is 57.7 Å². The lowest BCUT2D eigenvalue weighted by atomic mass is 9.72. The predicted molar refractivity (Wildman–Crippen MR) is 211 cm³/mol. The molecule has 0 spiro atoms. The molecule has 0 saturated carbocycles. The summed E-state index contributed by atoms with van der Waals surface area (Å²) in [6.07, 6.45) is 10.1. The molecule has 0 bridgehead atoms. The highest BCUT2D eigenvalue weighted by Gasteiger charge is 2.35. The average molecular weight is 733 g/mol. The van der Waals surface area contributed by atoms with E-state index in [4.69, 9.17) is 0 Å². The van der Waals surface area contributed by atoms with Gasteiger partial charge >= 0.3 is 0 Å². The van der Waals surface area contributed by atoms with E-state index in [9.17, 15) is 29.8 Å². The van der Waals surface area contributed by atoms with Crippen LogP contribution in [0.1, 0.15) is 83.1 Å². The molecule has 2 aromatic rings. The normalized spacial score (nSPS) is 16.0. The topological polar surface area (TPSA) is 170 Å². The fourth-order valence-electron chi connectivity index (χ4n) is 5.88. The van der Waals surface area contributed by atoms with Crippen LogP contribution in [0.25, 0.3) is 11.1 Å². The molecule has 2 aliphatic rings. The van der Waals surface area contributed by atoms with Crippen LogP contribution in [-0.2, 0) is 9.59 Å². The van der Waals surface area contributed by atoms with Gasteiger partial charge in [-0.1, -0.05) is 83.1 Å². The molecule has 0 amide bonds. The second-order valence-corrected chi connectivity index (χ2v) is 17.5. The zero-order valence-corrected chi connectivity index (χ0v) is 33.1. The van der Waals surface area contributed by atoms with E-state index >= 15 is 0 Å². The number of ketones is 2. The molecule has 0 saturated heterocycles. The number of nitro benzene ring substituents is 2. The third-order valence-corrected chi connectivity index (χ3v) is 8.87. The Balaban J connectivity index is 1.88. The van der Waals surface area contributed by atoms with Gasteiger partial charge in [-0.15, -0.1) is 0 Å². The molecule has 0 aliphatic heterocycles. The lowest BCUT2D eigenvalue weighted by molar-refractivity contribution is -0.385. The number of Topliss-reactive ketones (excluding diaryl/α,β-unsaturated/α-hetero) is 2. The van der Waals surface area contributed by atoms with Crippen LogP contribution in [0, 0.1) is 41.9 Å². The summed E-state index contributed by atoms with van der Waals surface area (Å²) in [6.45, 7) is 23.6. The first-order valence-electron chi connectivity index (χ1n) is 17.6. The van der Waals surface area contributed by atoms with Crippen molar-refractivity contribution in [3.8, 4) is 11.1 Å². The first kappa shape index (κ1) is 41.0. The summed E-state index contributed by atoms with van der Waals surface area (Å²) in [5, 5.41) is 41.2. The van der Waals surface area contributed by atoms with E-state index < -0.39 is 31.5 Å². The second kappa shape index (κ2) is 14.9. The van der Waals surface area contributed by atoms with Crippen LogP contribution in [-0.4, -0.2) is 21.4 Å². The van der Waals surface area contributed by atoms with Crippen LogP contribution in [0.5, 0.6) is 0 Å². The Bertz CT molecular complexity index is 1960. The number of nitro groups is 2. The quantitative estimate of drug-likeness (QED) is 0.156. The summed E-state index contributed by atoms with van der Waals surface area (Å²) in [6, 6.07) is 7.87. The summed E-state index contributed by atoms with van der Waals surface area (Å²) in [5.74, 6) is -0.0591. The lowest BCUT2D eigenvalue weighted by Crippen LogP contribution is -2.27. The summed E-state index contributed by atoms with van der Waals surface area (Å²) in [4.78, 5) is 49.4. The van der Waals surface area contributed by atoms with Crippen molar-refractivity contribution >= 4 is 34.3 Å². The van der Waals surface area contributed by atoms with Gasteiger partial charge in [0.05, 0.1) is 33.6 Å². The minimum absolute atomic E-state index is 0.0296. The van der Waals surface area contributed by atoms with Gasteiger partial charge in [-0.3, -0.25) is 29.8 Å². The zero-order valence-electron chi connectivity index (χ0n) is 33.1. The van der Waals surface area contributed by atoms with Crippen LogP contribution >= 0.6 is 0 Å². The SMILES string of the molecule is CC(C)(C)C1=CC(=CN=Nc2ccc([N+](=O)[O-])cc2-c2cc([N+](=O)[O-])ccc2N=NC=C2C=C(C(C)(C)C)C(=O)C(C(C)(C)C)=C2)C=C(C(C)(C)C)C1=O. The van der Waals surface area contributed by atoms with Gasteiger partial charge in [-0.05, 0) is 69.2 Å². The Morgan fingerprint density at radius 3 is 1.02 bits per heavy atom. The molecule has 12 nitrogen and oxygen atoms in total. The summed E-state index contributed by atoms with van der Waals surface area (Å²) >= 11 is 0. The molecule has 2 aromatic carbocycles. The fraction of sp³-hybridized carbons (Fsp3) is 0.381. The lowest BCUT2D eigenvalue weighted by Gasteiger charge is -2.31. The molecule has 0 N–H and O–H groups in total. The van der Waals surface area contributed by atoms with Gasteiger partial charge < -0.3 is 0 Å². The number of allylic oxidation sites excluding steroid dienone is 10. The highest BCUT2D eigenvalue weighted by atomic mass is 16.6. The number of nitrogens with zero attached hydrogens (tertiary/aromatic N) is 6. The Morgan fingerprint density at radius 2 is 0.778 bits per heavy atom. The molecule has 12 heteroatoms. The van der Waals surface area contributed by atoms with E-state index in [2.05, 4.69) is 20.5 Å². The van der Waals surface area contributed by atoms with Gasteiger partial charge in [0.1, 0.15) is 0 Å². The molecule has 0 fully saturated rings. The van der Waals surface area contributed by atoms with E-state index in [-0.39, 0.29) is 45.4 Å². The van der Waals surface area contributed by atoms with Crippen LogP contribution in [0.15, 0.2) is 127 Å². The Labute approximate surface area is 316 Å². The third kappa shape index (κ3) is 9.41. The maximum absolute atomic E-state index is 13.4. The number of rotatable bonds is 7. The number of azo groups is 2. The molecule has 54 heavy (non-hydrogen) atoms. The van der Waals surface area contributed by atoms with Crippen molar-refractivity contribution in [3.63, 3.8) is 0 Å². The molecule has 0 radical (unpaired) electrons. The molecule has 0 aromatic heterocycles. The first-order valence-corrected chi connectivity index (χ1v) is 17.6.